The summed E-state index contributed by atoms with van der Waals surface area (Å²) in [5.74, 6) is 0. The first-order valence-electron chi connectivity index (χ1n) is 7.75. The average molecular weight is 700 g/mol. The Labute approximate surface area is 202 Å². The van der Waals surface area contributed by atoms with Gasteiger partial charge in [-0.05, 0) is 75.5 Å². The molecule has 0 aliphatic carbocycles. The lowest BCUT2D eigenvalue weighted by molar-refractivity contribution is -0.670. The molecular formula is C20H19I3N2O2. The predicted octanol–water partition coefficient (Wildman–Crippen LogP) is 0.591. The van der Waals surface area contributed by atoms with Crippen molar-refractivity contribution in [2.75, 3.05) is 0 Å². The molecule has 0 atom stereocenters. The Kier molecular flexibility index (Phi) is 9.58. The molecule has 2 N–H and O–H groups in total. The summed E-state index contributed by atoms with van der Waals surface area (Å²) in [6.45, 7) is 0. The van der Waals surface area contributed by atoms with Crippen LogP contribution in [-0.4, -0.2) is 10.0 Å². The van der Waals surface area contributed by atoms with E-state index in [2.05, 4.69) is 86.4 Å². The van der Waals surface area contributed by atoms with E-state index >= 15 is 0 Å². The Morgan fingerprint density at radius 3 is 2.22 bits per heavy atom. The molecule has 0 aliphatic rings. The molecule has 2 aromatic carbocycles. The molecule has 2 heterocycles. The molecule has 0 saturated carbocycles. The molecule has 0 fully saturated rings. The Hall–Kier alpha value is -0.790. The van der Waals surface area contributed by atoms with Gasteiger partial charge in [-0.3, -0.25) is 4.79 Å². The van der Waals surface area contributed by atoms with E-state index in [1.54, 1.807) is 17.8 Å². The fourth-order valence-corrected chi connectivity index (χ4v) is 4.01. The number of aromatic nitrogens is 2. The highest BCUT2D eigenvalue weighted by molar-refractivity contribution is 14.1. The van der Waals surface area contributed by atoms with E-state index in [1.165, 1.54) is 14.3 Å². The second kappa shape index (κ2) is 10.7. The summed E-state index contributed by atoms with van der Waals surface area (Å²) in [5.41, 5.74) is 0.0658. The van der Waals surface area contributed by atoms with Crippen molar-refractivity contribution in [3.8, 4) is 0 Å². The topological polar surface area (TPSA) is 57.4 Å². The molecule has 0 spiro atoms. The van der Waals surface area contributed by atoms with Crippen LogP contribution in [0.1, 0.15) is 0 Å². The Morgan fingerprint density at radius 2 is 1.52 bits per heavy atom. The summed E-state index contributed by atoms with van der Waals surface area (Å²) in [5, 5.41) is 4.45. The number of fused-ring (bicyclic) bond motifs is 2. The predicted molar refractivity (Wildman–Crippen MR) is 123 cm³/mol. The summed E-state index contributed by atoms with van der Waals surface area (Å²) < 4.78 is 6.09. The third kappa shape index (κ3) is 5.61. The van der Waals surface area contributed by atoms with E-state index in [9.17, 15) is 4.79 Å². The zero-order chi connectivity index (χ0) is 18.0. The number of benzene rings is 2. The third-order valence-electron chi connectivity index (χ3n) is 3.97. The van der Waals surface area contributed by atoms with Crippen molar-refractivity contribution in [3.05, 3.63) is 84.6 Å². The van der Waals surface area contributed by atoms with Crippen LogP contribution in [0.3, 0.4) is 0 Å². The van der Waals surface area contributed by atoms with Crippen LogP contribution in [0.5, 0.6) is 0 Å². The van der Waals surface area contributed by atoms with Gasteiger partial charge < -0.3 is 34.0 Å². The first-order valence-corrected chi connectivity index (χ1v) is 9.90. The van der Waals surface area contributed by atoms with Crippen molar-refractivity contribution in [2.24, 2.45) is 14.1 Å². The second-order valence-electron chi connectivity index (χ2n) is 5.79. The first-order chi connectivity index (χ1) is 12.0. The van der Waals surface area contributed by atoms with Gasteiger partial charge in [0.05, 0.1) is 0 Å². The maximum atomic E-state index is 11.6. The number of hydrogen-bond donors (Lipinski definition) is 0. The lowest BCUT2D eigenvalue weighted by Gasteiger charge is -2.01. The molecule has 2 aromatic heterocycles. The Balaban J connectivity index is 0.000000252. The van der Waals surface area contributed by atoms with E-state index in [0.717, 1.165) is 14.3 Å². The van der Waals surface area contributed by atoms with Gasteiger partial charge in [0.15, 0.2) is 12.4 Å². The standard InChI is InChI=1S/C10H8INO.C10H9IN.HI.H2O/c1-12-6-5-7-8(10(12)13)3-2-4-9(7)11;1-12-6-5-9-8(7-12)3-2-4-10(9)11;;/h2-6H,1H3;2-7H,1H3;1H;1H2/q;+1;;/p-1. The summed E-state index contributed by atoms with van der Waals surface area (Å²) in [4.78, 5) is 11.6. The molecule has 4 nitrogen and oxygen atoms in total. The Bertz CT molecular complexity index is 1130. The van der Waals surface area contributed by atoms with Crippen molar-refractivity contribution in [1.29, 1.82) is 0 Å². The average Bonchev–Trinajstić information content (AvgIpc) is 2.59. The number of hydrogen-bond acceptors (Lipinski definition) is 1. The number of pyridine rings is 2. The number of aryl methyl sites for hydroxylation is 2. The van der Waals surface area contributed by atoms with Crippen molar-refractivity contribution < 1.29 is 34.0 Å². The molecular weight excluding hydrogens is 681 g/mol. The van der Waals surface area contributed by atoms with Gasteiger partial charge in [0, 0.05) is 48.0 Å². The van der Waals surface area contributed by atoms with Crippen molar-refractivity contribution in [2.45, 2.75) is 0 Å². The lowest BCUT2D eigenvalue weighted by atomic mass is 10.2. The summed E-state index contributed by atoms with van der Waals surface area (Å²) in [7, 11) is 3.81. The van der Waals surface area contributed by atoms with E-state index in [0.29, 0.717) is 0 Å². The van der Waals surface area contributed by atoms with Crippen molar-refractivity contribution in [3.63, 3.8) is 0 Å². The number of nitrogens with zero attached hydrogens (tertiary/aromatic N) is 2. The fraction of sp³-hybridized carbons (Fsp3) is 0.100. The molecule has 4 rings (SSSR count). The van der Waals surface area contributed by atoms with Crippen LogP contribution in [0.25, 0.3) is 21.5 Å². The molecule has 142 valence electrons. The highest BCUT2D eigenvalue weighted by Crippen LogP contribution is 2.18. The normalized spacial score (nSPS) is 9.78. The summed E-state index contributed by atoms with van der Waals surface area (Å²) >= 11 is 4.60. The van der Waals surface area contributed by atoms with Crippen LogP contribution in [-0.2, 0) is 14.1 Å². The highest BCUT2D eigenvalue weighted by Gasteiger charge is 2.02. The van der Waals surface area contributed by atoms with Crippen LogP contribution in [0, 0.1) is 7.14 Å². The molecule has 0 unspecified atom stereocenters. The van der Waals surface area contributed by atoms with E-state index in [-0.39, 0.29) is 35.0 Å². The fourth-order valence-electron chi connectivity index (χ4n) is 2.63. The van der Waals surface area contributed by atoms with Gasteiger partial charge in [0.1, 0.15) is 7.05 Å². The van der Waals surface area contributed by atoms with Gasteiger partial charge in [-0.2, -0.15) is 0 Å². The lowest BCUT2D eigenvalue weighted by Crippen LogP contribution is -3.00. The van der Waals surface area contributed by atoms with Crippen molar-refractivity contribution in [1.82, 2.24) is 4.57 Å². The van der Waals surface area contributed by atoms with Crippen molar-refractivity contribution >= 4 is 66.7 Å². The van der Waals surface area contributed by atoms with Crippen LogP contribution in [0.2, 0.25) is 0 Å². The van der Waals surface area contributed by atoms with Gasteiger partial charge in [0.25, 0.3) is 5.56 Å². The van der Waals surface area contributed by atoms with E-state index in [1.807, 2.05) is 31.3 Å². The summed E-state index contributed by atoms with van der Waals surface area (Å²) in [6, 6.07) is 16.2. The SMILES string of the molecule is C[n+]1ccc2c(I)cccc2c1.Cn1ccc2c(I)cccc2c1=O.O.[I-]. The molecule has 0 amide bonds. The molecule has 0 aliphatic heterocycles. The quantitative estimate of drug-likeness (QED) is 0.196. The minimum Gasteiger partial charge on any atom is -1.00 e. The molecule has 0 bridgehead atoms. The van der Waals surface area contributed by atoms with Crippen LogP contribution >= 0.6 is 45.2 Å². The number of halogens is 3. The molecule has 0 saturated heterocycles. The van der Waals surface area contributed by atoms with Gasteiger partial charge in [0.2, 0.25) is 0 Å². The van der Waals surface area contributed by atoms with Gasteiger partial charge >= 0.3 is 0 Å². The molecule has 0 radical (unpaired) electrons. The van der Waals surface area contributed by atoms with E-state index in [4.69, 9.17) is 0 Å². The monoisotopic (exact) mass is 700 g/mol. The minimum atomic E-state index is 0. The maximum Gasteiger partial charge on any atom is 0.258 e. The molecule has 4 aromatic rings. The van der Waals surface area contributed by atoms with Gasteiger partial charge in [-0.15, -0.1) is 0 Å². The smallest absolute Gasteiger partial charge is 0.258 e. The zero-order valence-corrected chi connectivity index (χ0v) is 21.3. The third-order valence-corrected chi connectivity index (χ3v) is 5.86. The molecule has 7 heteroatoms. The second-order valence-corrected chi connectivity index (χ2v) is 8.11. The largest absolute Gasteiger partial charge is 1.00 e. The maximum absolute atomic E-state index is 11.6. The highest BCUT2D eigenvalue weighted by atomic mass is 127. The van der Waals surface area contributed by atoms with E-state index < -0.39 is 0 Å². The van der Waals surface area contributed by atoms with Gasteiger partial charge in [-0.1, -0.05) is 12.1 Å². The minimum absolute atomic E-state index is 0. The zero-order valence-electron chi connectivity index (χ0n) is 14.8. The Morgan fingerprint density at radius 1 is 0.889 bits per heavy atom. The molecule has 27 heavy (non-hydrogen) atoms. The summed E-state index contributed by atoms with van der Waals surface area (Å²) in [6.07, 6.45) is 6.01. The van der Waals surface area contributed by atoms with Crippen LogP contribution < -0.4 is 34.1 Å². The van der Waals surface area contributed by atoms with Crippen LogP contribution in [0.4, 0.5) is 0 Å². The van der Waals surface area contributed by atoms with Gasteiger partial charge in [-0.25, -0.2) is 4.57 Å². The first kappa shape index (κ1) is 24.2. The number of rotatable bonds is 0. The van der Waals surface area contributed by atoms with Crippen LogP contribution in [0.15, 0.2) is 71.9 Å².